The number of aromatic nitrogens is 2. The largest absolute Gasteiger partial charge is 0.308 e. The van der Waals surface area contributed by atoms with Crippen LogP contribution in [0, 0.1) is 0 Å². The van der Waals surface area contributed by atoms with Crippen molar-refractivity contribution in [3.05, 3.63) is 53.3 Å². The van der Waals surface area contributed by atoms with Gasteiger partial charge in [-0.2, -0.15) is 5.10 Å². The molecule has 0 aliphatic rings. The number of aryl methyl sites for hydroxylation is 2. The molecule has 0 saturated heterocycles. The molecular formula is C14H19N3. The SMILES string of the molecule is CCc1cccc(C(NC)c2ccnn2C)c1. The van der Waals surface area contributed by atoms with Crippen LogP contribution in [0.1, 0.15) is 29.8 Å². The van der Waals surface area contributed by atoms with Crippen molar-refractivity contribution in [3.63, 3.8) is 0 Å². The van der Waals surface area contributed by atoms with E-state index < -0.39 is 0 Å². The molecule has 1 aromatic heterocycles. The van der Waals surface area contributed by atoms with Gasteiger partial charge >= 0.3 is 0 Å². The third-order valence-electron chi connectivity index (χ3n) is 3.14. The third kappa shape index (κ3) is 2.39. The van der Waals surface area contributed by atoms with Gasteiger partial charge in [0.1, 0.15) is 0 Å². The molecule has 0 spiro atoms. The van der Waals surface area contributed by atoms with Crippen LogP contribution in [-0.2, 0) is 13.5 Å². The van der Waals surface area contributed by atoms with Gasteiger partial charge in [-0.3, -0.25) is 4.68 Å². The molecule has 0 aliphatic heterocycles. The first-order valence-electron chi connectivity index (χ1n) is 6.00. The second kappa shape index (κ2) is 5.15. The summed E-state index contributed by atoms with van der Waals surface area (Å²) in [6.45, 7) is 2.18. The summed E-state index contributed by atoms with van der Waals surface area (Å²) in [5.41, 5.74) is 3.83. The molecule has 0 aliphatic carbocycles. The fraction of sp³-hybridized carbons (Fsp3) is 0.357. The number of nitrogens with zero attached hydrogens (tertiary/aromatic N) is 2. The van der Waals surface area contributed by atoms with Crippen molar-refractivity contribution >= 4 is 0 Å². The Balaban J connectivity index is 2.38. The van der Waals surface area contributed by atoms with Crippen LogP contribution in [0.5, 0.6) is 0 Å². The summed E-state index contributed by atoms with van der Waals surface area (Å²) in [7, 11) is 3.96. The van der Waals surface area contributed by atoms with E-state index in [2.05, 4.69) is 47.7 Å². The number of rotatable bonds is 4. The maximum atomic E-state index is 4.23. The molecular weight excluding hydrogens is 210 g/mol. The Morgan fingerprint density at radius 1 is 1.35 bits per heavy atom. The fourth-order valence-corrected chi connectivity index (χ4v) is 2.15. The molecule has 1 heterocycles. The smallest absolute Gasteiger partial charge is 0.0745 e. The topological polar surface area (TPSA) is 29.9 Å². The van der Waals surface area contributed by atoms with Gasteiger partial charge in [0.2, 0.25) is 0 Å². The fourth-order valence-electron chi connectivity index (χ4n) is 2.15. The van der Waals surface area contributed by atoms with Crippen LogP contribution in [-0.4, -0.2) is 16.8 Å². The van der Waals surface area contributed by atoms with Gasteiger partial charge in [-0.25, -0.2) is 0 Å². The van der Waals surface area contributed by atoms with E-state index in [1.165, 1.54) is 16.8 Å². The lowest BCUT2D eigenvalue weighted by atomic mass is 10.0. The van der Waals surface area contributed by atoms with Gasteiger partial charge in [0.15, 0.2) is 0 Å². The van der Waals surface area contributed by atoms with Crippen molar-refractivity contribution in [2.45, 2.75) is 19.4 Å². The second-order valence-electron chi connectivity index (χ2n) is 4.20. The number of hydrogen-bond acceptors (Lipinski definition) is 2. The monoisotopic (exact) mass is 229 g/mol. The zero-order chi connectivity index (χ0) is 12.3. The zero-order valence-corrected chi connectivity index (χ0v) is 10.6. The Labute approximate surface area is 102 Å². The third-order valence-corrected chi connectivity index (χ3v) is 3.14. The molecule has 90 valence electrons. The lowest BCUT2D eigenvalue weighted by Gasteiger charge is -2.17. The highest BCUT2D eigenvalue weighted by Gasteiger charge is 2.15. The molecule has 0 fully saturated rings. The minimum Gasteiger partial charge on any atom is -0.308 e. The maximum Gasteiger partial charge on any atom is 0.0745 e. The van der Waals surface area contributed by atoms with Gasteiger partial charge in [0.25, 0.3) is 0 Å². The molecule has 1 atom stereocenters. The molecule has 0 bridgehead atoms. The van der Waals surface area contributed by atoms with Crippen molar-refractivity contribution in [2.75, 3.05) is 7.05 Å². The van der Waals surface area contributed by atoms with Crippen molar-refractivity contribution < 1.29 is 0 Å². The molecule has 17 heavy (non-hydrogen) atoms. The Morgan fingerprint density at radius 3 is 2.76 bits per heavy atom. The summed E-state index contributed by atoms with van der Waals surface area (Å²) in [5.74, 6) is 0. The van der Waals surface area contributed by atoms with Gasteiger partial charge < -0.3 is 5.32 Å². The highest BCUT2D eigenvalue weighted by Crippen LogP contribution is 2.21. The van der Waals surface area contributed by atoms with E-state index in [0.29, 0.717) is 0 Å². The van der Waals surface area contributed by atoms with Crippen LogP contribution in [0.2, 0.25) is 0 Å². The van der Waals surface area contributed by atoms with Gasteiger partial charge in [0.05, 0.1) is 11.7 Å². The van der Waals surface area contributed by atoms with Crippen molar-refractivity contribution in [2.24, 2.45) is 7.05 Å². The Morgan fingerprint density at radius 2 is 2.18 bits per heavy atom. The summed E-state index contributed by atoms with van der Waals surface area (Å²) < 4.78 is 1.92. The summed E-state index contributed by atoms with van der Waals surface area (Å²) >= 11 is 0. The Hall–Kier alpha value is -1.61. The first-order chi connectivity index (χ1) is 8.26. The van der Waals surface area contributed by atoms with Crippen LogP contribution in [0.4, 0.5) is 0 Å². The normalized spacial score (nSPS) is 12.6. The molecule has 0 saturated carbocycles. The van der Waals surface area contributed by atoms with Crippen molar-refractivity contribution in [3.8, 4) is 0 Å². The maximum absolute atomic E-state index is 4.23. The molecule has 2 aromatic rings. The molecule has 3 nitrogen and oxygen atoms in total. The molecule has 1 N–H and O–H groups in total. The van der Waals surface area contributed by atoms with Gasteiger partial charge in [0, 0.05) is 13.2 Å². The summed E-state index contributed by atoms with van der Waals surface area (Å²) in [4.78, 5) is 0. The highest BCUT2D eigenvalue weighted by atomic mass is 15.3. The van der Waals surface area contributed by atoms with Gasteiger partial charge in [-0.05, 0) is 30.7 Å². The van der Waals surface area contributed by atoms with Crippen LogP contribution in [0.3, 0.4) is 0 Å². The van der Waals surface area contributed by atoms with Crippen molar-refractivity contribution in [1.82, 2.24) is 15.1 Å². The molecule has 0 amide bonds. The zero-order valence-electron chi connectivity index (χ0n) is 10.6. The van der Waals surface area contributed by atoms with Crippen LogP contribution < -0.4 is 5.32 Å². The van der Waals surface area contributed by atoms with Crippen LogP contribution >= 0.6 is 0 Å². The second-order valence-corrected chi connectivity index (χ2v) is 4.20. The molecule has 1 unspecified atom stereocenters. The van der Waals surface area contributed by atoms with Gasteiger partial charge in [-0.1, -0.05) is 31.2 Å². The van der Waals surface area contributed by atoms with E-state index in [1.54, 1.807) is 0 Å². The van der Waals surface area contributed by atoms with Crippen LogP contribution in [0.25, 0.3) is 0 Å². The average Bonchev–Trinajstić information content (AvgIpc) is 2.77. The first kappa shape index (κ1) is 11.9. The lowest BCUT2D eigenvalue weighted by molar-refractivity contribution is 0.605. The summed E-state index contributed by atoms with van der Waals surface area (Å²) in [6, 6.07) is 11.0. The highest BCUT2D eigenvalue weighted by molar-refractivity contribution is 5.31. The predicted molar refractivity (Wildman–Crippen MR) is 69.9 cm³/mol. The number of benzene rings is 1. The number of nitrogens with one attached hydrogen (secondary N) is 1. The summed E-state index contributed by atoms with van der Waals surface area (Å²) in [5, 5.41) is 7.58. The van der Waals surface area contributed by atoms with Crippen molar-refractivity contribution in [1.29, 1.82) is 0 Å². The van der Waals surface area contributed by atoms with E-state index >= 15 is 0 Å². The predicted octanol–water partition coefficient (Wildman–Crippen LogP) is 2.29. The Bertz CT molecular complexity index is 488. The van der Waals surface area contributed by atoms with E-state index in [4.69, 9.17) is 0 Å². The van der Waals surface area contributed by atoms with E-state index in [0.717, 1.165) is 6.42 Å². The minimum atomic E-state index is 0.203. The van der Waals surface area contributed by atoms with Crippen LogP contribution in [0.15, 0.2) is 36.5 Å². The van der Waals surface area contributed by atoms with E-state index in [1.807, 2.05) is 25.0 Å². The van der Waals surface area contributed by atoms with E-state index in [-0.39, 0.29) is 6.04 Å². The molecule has 2 rings (SSSR count). The summed E-state index contributed by atoms with van der Waals surface area (Å²) in [6.07, 6.45) is 2.90. The molecule has 1 aromatic carbocycles. The van der Waals surface area contributed by atoms with Gasteiger partial charge in [-0.15, -0.1) is 0 Å². The van der Waals surface area contributed by atoms with E-state index in [9.17, 15) is 0 Å². The molecule has 0 radical (unpaired) electrons. The first-order valence-corrected chi connectivity index (χ1v) is 6.00. The Kier molecular flexibility index (Phi) is 3.59. The average molecular weight is 229 g/mol. The quantitative estimate of drug-likeness (QED) is 0.871. The number of hydrogen-bond donors (Lipinski definition) is 1. The lowest BCUT2D eigenvalue weighted by Crippen LogP contribution is -2.20. The standard InChI is InChI=1S/C14H19N3/c1-4-11-6-5-7-12(10-11)14(15-2)13-8-9-16-17(13)3/h5-10,14-15H,4H2,1-3H3. The molecule has 3 heteroatoms. The minimum absolute atomic E-state index is 0.203.